The van der Waals surface area contributed by atoms with Gasteiger partial charge in [-0.2, -0.15) is 0 Å². The number of aromatic nitrogens is 1. The Morgan fingerprint density at radius 2 is 2.12 bits per heavy atom. The second-order valence-electron chi connectivity index (χ2n) is 8.69. The number of anilines is 2. The molecule has 1 aromatic rings. The molecule has 1 aromatic heterocycles. The first kappa shape index (κ1) is 24.2. The molecule has 1 aliphatic carbocycles. The molecule has 0 spiro atoms. The Morgan fingerprint density at radius 1 is 1.32 bits per heavy atom. The number of carbonyl (C=O) groups is 1. The van der Waals surface area contributed by atoms with Crippen LogP contribution in [0.2, 0.25) is 0 Å². The number of pyridine rings is 1. The van der Waals surface area contributed by atoms with Crippen molar-refractivity contribution < 1.29 is 14.3 Å². The summed E-state index contributed by atoms with van der Waals surface area (Å²) in [7, 11) is 0. The molecule has 0 saturated carbocycles. The summed E-state index contributed by atoms with van der Waals surface area (Å²) in [5.41, 5.74) is 2.54. The van der Waals surface area contributed by atoms with E-state index in [1.165, 1.54) is 0 Å². The topological polar surface area (TPSA) is 79.0 Å². The number of amides is 1. The van der Waals surface area contributed by atoms with E-state index in [1.807, 2.05) is 12.1 Å². The molecule has 2 saturated heterocycles. The minimum atomic E-state index is -0.321. The lowest BCUT2D eigenvalue weighted by atomic mass is 9.95. The maximum absolute atomic E-state index is 13.0. The number of piperazine rings is 1. The van der Waals surface area contributed by atoms with E-state index in [4.69, 9.17) is 9.47 Å². The van der Waals surface area contributed by atoms with E-state index in [9.17, 15) is 4.79 Å². The predicted molar refractivity (Wildman–Crippen MR) is 135 cm³/mol. The van der Waals surface area contributed by atoms with Crippen molar-refractivity contribution in [2.75, 3.05) is 69.2 Å². The van der Waals surface area contributed by atoms with Gasteiger partial charge in [-0.25, -0.2) is 0 Å². The minimum Gasteiger partial charge on any atom is -0.452 e. The summed E-state index contributed by atoms with van der Waals surface area (Å²) in [6.07, 6.45) is 12.4. The van der Waals surface area contributed by atoms with Crippen molar-refractivity contribution in [2.24, 2.45) is 5.92 Å². The summed E-state index contributed by atoms with van der Waals surface area (Å²) in [6.45, 7) is 14.1. The first-order valence-corrected chi connectivity index (χ1v) is 12.1. The van der Waals surface area contributed by atoms with Gasteiger partial charge >= 0.3 is 0 Å². The van der Waals surface area contributed by atoms with Crippen molar-refractivity contribution in [2.45, 2.75) is 13.3 Å². The van der Waals surface area contributed by atoms with Crippen LogP contribution in [0.4, 0.5) is 11.4 Å². The van der Waals surface area contributed by atoms with Gasteiger partial charge in [-0.1, -0.05) is 24.8 Å². The van der Waals surface area contributed by atoms with Crippen LogP contribution in [-0.4, -0.2) is 74.8 Å². The molecule has 2 N–H and O–H groups in total. The van der Waals surface area contributed by atoms with Gasteiger partial charge in [0, 0.05) is 57.6 Å². The average Bonchev–Trinajstić information content (AvgIpc) is 2.89. The largest absolute Gasteiger partial charge is 0.452 e. The molecule has 182 valence electrons. The summed E-state index contributed by atoms with van der Waals surface area (Å²) in [5.74, 6) is 0.828. The zero-order chi connectivity index (χ0) is 23.8. The van der Waals surface area contributed by atoms with Gasteiger partial charge in [0.05, 0.1) is 30.8 Å². The fourth-order valence-corrected chi connectivity index (χ4v) is 4.40. The zero-order valence-electron chi connectivity index (χ0n) is 20.0. The average molecular weight is 466 g/mol. The predicted octanol–water partition coefficient (Wildman–Crippen LogP) is 2.70. The molecule has 0 bridgehead atoms. The van der Waals surface area contributed by atoms with Gasteiger partial charge in [-0.15, -0.1) is 0 Å². The number of ether oxygens (including phenoxy) is 2. The van der Waals surface area contributed by atoms with E-state index in [0.717, 1.165) is 76.7 Å². The van der Waals surface area contributed by atoms with E-state index in [-0.39, 0.29) is 11.7 Å². The monoisotopic (exact) mass is 465 g/mol. The van der Waals surface area contributed by atoms with Crippen molar-refractivity contribution in [3.63, 3.8) is 0 Å². The van der Waals surface area contributed by atoms with E-state index in [2.05, 4.69) is 44.1 Å². The lowest BCUT2D eigenvalue weighted by molar-refractivity contribution is -0.115. The van der Waals surface area contributed by atoms with Crippen molar-refractivity contribution in [3.05, 3.63) is 66.4 Å². The molecule has 8 nitrogen and oxygen atoms in total. The number of hydrogen-bond donors (Lipinski definition) is 2. The summed E-state index contributed by atoms with van der Waals surface area (Å²) < 4.78 is 11.3. The van der Waals surface area contributed by atoms with Crippen molar-refractivity contribution in [1.29, 1.82) is 0 Å². The normalized spacial score (nSPS) is 21.7. The molecule has 3 aliphatic rings. The Bertz CT molecular complexity index is 959. The van der Waals surface area contributed by atoms with Crippen LogP contribution in [0.5, 0.6) is 0 Å². The van der Waals surface area contributed by atoms with Crippen LogP contribution in [0.3, 0.4) is 0 Å². The Balaban J connectivity index is 1.32. The summed E-state index contributed by atoms with van der Waals surface area (Å²) in [5, 5.41) is 6.31. The van der Waals surface area contributed by atoms with E-state index in [1.54, 1.807) is 25.4 Å². The van der Waals surface area contributed by atoms with Crippen LogP contribution in [0.15, 0.2) is 66.4 Å². The SMILES string of the molecule is C=C(O/C(=C\C)C(=O)Nc1cnccc1N1CCNCC1)C1=CCC(CN2CCOCC2)C=C1. The smallest absolute Gasteiger partial charge is 0.291 e. The molecule has 0 aromatic carbocycles. The highest BCUT2D eigenvalue weighted by Gasteiger charge is 2.20. The van der Waals surface area contributed by atoms with Crippen molar-refractivity contribution >= 4 is 17.3 Å². The number of carbonyl (C=O) groups excluding carboxylic acids is 1. The molecule has 1 unspecified atom stereocenters. The molecule has 2 fully saturated rings. The second-order valence-corrected chi connectivity index (χ2v) is 8.69. The van der Waals surface area contributed by atoms with Crippen LogP contribution in [0, 0.1) is 5.92 Å². The summed E-state index contributed by atoms with van der Waals surface area (Å²) in [6, 6.07) is 1.93. The van der Waals surface area contributed by atoms with Gasteiger partial charge in [0.15, 0.2) is 5.76 Å². The van der Waals surface area contributed by atoms with Crippen LogP contribution >= 0.6 is 0 Å². The Kier molecular flexibility index (Phi) is 8.51. The number of hydrogen-bond acceptors (Lipinski definition) is 7. The Labute approximate surface area is 202 Å². The Hall–Kier alpha value is -2.94. The highest BCUT2D eigenvalue weighted by atomic mass is 16.5. The number of rotatable bonds is 8. The van der Waals surface area contributed by atoms with Crippen LogP contribution in [0.25, 0.3) is 0 Å². The second kappa shape index (κ2) is 12.0. The highest BCUT2D eigenvalue weighted by Crippen LogP contribution is 2.27. The molecule has 0 radical (unpaired) electrons. The third kappa shape index (κ3) is 6.34. The molecular weight excluding hydrogens is 430 g/mol. The fraction of sp³-hybridized carbons (Fsp3) is 0.462. The third-order valence-corrected chi connectivity index (χ3v) is 6.33. The standard InChI is InChI=1S/C26H35N5O3/c1-3-25(26(32)29-23-18-28-9-8-24(23)31-12-10-27-11-13-31)34-20(2)22-6-4-21(5-7-22)19-30-14-16-33-17-15-30/h3-4,6-9,18,21,27H,2,5,10-17,19H2,1H3,(H,29,32)/b25-3-. The summed E-state index contributed by atoms with van der Waals surface area (Å²) in [4.78, 5) is 21.9. The lowest BCUT2D eigenvalue weighted by Gasteiger charge is -2.31. The first-order valence-electron chi connectivity index (χ1n) is 12.1. The maximum Gasteiger partial charge on any atom is 0.291 e. The van der Waals surface area contributed by atoms with Gasteiger partial charge in [0.25, 0.3) is 5.91 Å². The fourth-order valence-electron chi connectivity index (χ4n) is 4.40. The van der Waals surface area contributed by atoms with Gasteiger partial charge in [-0.3, -0.25) is 14.7 Å². The van der Waals surface area contributed by atoms with Crippen LogP contribution in [0.1, 0.15) is 13.3 Å². The number of nitrogens with zero attached hydrogens (tertiary/aromatic N) is 3. The Morgan fingerprint density at radius 3 is 2.82 bits per heavy atom. The van der Waals surface area contributed by atoms with Crippen molar-refractivity contribution in [3.8, 4) is 0 Å². The zero-order valence-corrected chi connectivity index (χ0v) is 20.0. The molecule has 3 heterocycles. The van der Waals surface area contributed by atoms with Gasteiger partial charge in [0.2, 0.25) is 0 Å². The number of allylic oxidation sites excluding steroid dienone is 3. The quantitative estimate of drug-likeness (QED) is 0.451. The molecule has 2 aliphatic heterocycles. The van der Waals surface area contributed by atoms with E-state index < -0.39 is 0 Å². The van der Waals surface area contributed by atoms with Crippen LogP contribution < -0.4 is 15.5 Å². The molecule has 1 amide bonds. The lowest BCUT2D eigenvalue weighted by Crippen LogP contribution is -2.43. The summed E-state index contributed by atoms with van der Waals surface area (Å²) >= 11 is 0. The van der Waals surface area contributed by atoms with E-state index in [0.29, 0.717) is 17.4 Å². The highest BCUT2D eigenvalue weighted by molar-refractivity contribution is 6.04. The van der Waals surface area contributed by atoms with Crippen molar-refractivity contribution in [1.82, 2.24) is 15.2 Å². The third-order valence-electron chi connectivity index (χ3n) is 6.33. The van der Waals surface area contributed by atoms with Gasteiger partial charge < -0.3 is 25.0 Å². The van der Waals surface area contributed by atoms with Crippen LogP contribution in [-0.2, 0) is 14.3 Å². The number of morpholine rings is 1. The first-order chi connectivity index (χ1) is 16.6. The van der Waals surface area contributed by atoms with E-state index >= 15 is 0 Å². The molecule has 1 atom stereocenters. The minimum absolute atomic E-state index is 0.213. The molecule has 4 rings (SSSR count). The molecular formula is C26H35N5O3. The van der Waals surface area contributed by atoms with Gasteiger partial charge in [0.1, 0.15) is 5.76 Å². The number of nitrogens with one attached hydrogen (secondary N) is 2. The molecule has 8 heteroatoms. The molecule has 34 heavy (non-hydrogen) atoms. The maximum atomic E-state index is 13.0. The van der Waals surface area contributed by atoms with Gasteiger partial charge in [-0.05, 0) is 31.4 Å².